The molecule has 0 aromatic heterocycles. The molecular formula is C33H39N3O6. The van der Waals surface area contributed by atoms with E-state index in [0.29, 0.717) is 43.2 Å². The van der Waals surface area contributed by atoms with Crippen LogP contribution in [0.2, 0.25) is 0 Å². The summed E-state index contributed by atoms with van der Waals surface area (Å²) in [5, 5.41) is 2.91. The number of ether oxygens (including phenoxy) is 3. The number of methoxy groups -OCH3 is 1. The Morgan fingerprint density at radius 3 is 2.24 bits per heavy atom. The van der Waals surface area contributed by atoms with Gasteiger partial charge in [-0.15, -0.1) is 0 Å². The fourth-order valence-electron chi connectivity index (χ4n) is 4.64. The molecular weight excluding hydrogens is 534 g/mol. The maximum atomic E-state index is 13.4. The SMILES string of the molecule is COC(=O)c1ccc(-c2ccccc2)cc1NC(=O)c1cc(OCCN2CCN(C(=O)OC(C)(C)C)CC2)ccc1C. The molecule has 1 N–H and O–H groups in total. The second kappa shape index (κ2) is 13.5. The largest absolute Gasteiger partial charge is 0.492 e. The molecule has 4 rings (SSSR count). The zero-order chi connectivity index (χ0) is 30.3. The highest BCUT2D eigenvalue weighted by Gasteiger charge is 2.26. The Morgan fingerprint density at radius 1 is 0.857 bits per heavy atom. The van der Waals surface area contributed by atoms with Crippen molar-refractivity contribution in [2.24, 2.45) is 0 Å². The molecule has 0 saturated carbocycles. The van der Waals surface area contributed by atoms with Crippen LogP contribution in [0.4, 0.5) is 10.5 Å². The third kappa shape index (κ3) is 8.10. The maximum Gasteiger partial charge on any atom is 0.410 e. The highest BCUT2D eigenvalue weighted by molar-refractivity contribution is 6.09. The summed E-state index contributed by atoms with van der Waals surface area (Å²) in [6.45, 7) is 11.2. The minimum Gasteiger partial charge on any atom is -0.492 e. The quantitative estimate of drug-likeness (QED) is 0.349. The molecule has 9 heteroatoms. The number of carbonyl (C=O) groups excluding carboxylic acids is 3. The van der Waals surface area contributed by atoms with Crippen LogP contribution in [0.5, 0.6) is 5.75 Å². The predicted molar refractivity (Wildman–Crippen MR) is 162 cm³/mol. The third-order valence-corrected chi connectivity index (χ3v) is 6.93. The number of aryl methyl sites for hydroxylation is 1. The van der Waals surface area contributed by atoms with Crippen molar-refractivity contribution in [2.75, 3.05) is 51.8 Å². The van der Waals surface area contributed by atoms with Crippen LogP contribution in [0.1, 0.15) is 47.1 Å². The van der Waals surface area contributed by atoms with E-state index in [1.54, 1.807) is 23.1 Å². The van der Waals surface area contributed by atoms with Crippen molar-refractivity contribution in [3.8, 4) is 16.9 Å². The van der Waals surface area contributed by atoms with Gasteiger partial charge in [-0.05, 0) is 68.7 Å². The van der Waals surface area contributed by atoms with Crippen LogP contribution >= 0.6 is 0 Å². The van der Waals surface area contributed by atoms with Crippen LogP contribution < -0.4 is 10.1 Å². The molecule has 0 aliphatic carbocycles. The summed E-state index contributed by atoms with van der Waals surface area (Å²) < 4.78 is 16.4. The lowest BCUT2D eigenvalue weighted by Gasteiger charge is -2.35. The van der Waals surface area contributed by atoms with Gasteiger partial charge in [-0.25, -0.2) is 9.59 Å². The molecule has 3 aromatic carbocycles. The van der Waals surface area contributed by atoms with E-state index in [2.05, 4.69) is 10.2 Å². The molecule has 1 saturated heterocycles. The molecule has 222 valence electrons. The van der Waals surface area contributed by atoms with E-state index in [-0.39, 0.29) is 17.6 Å². The van der Waals surface area contributed by atoms with Crippen LogP contribution in [0.25, 0.3) is 11.1 Å². The monoisotopic (exact) mass is 573 g/mol. The lowest BCUT2D eigenvalue weighted by atomic mass is 10.0. The van der Waals surface area contributed by atoms with E-state index < -0.39 is 11.6 Å². The fraction of sp³-hybridized carbons (Fsp3) is 0.364. The van der Waals surface area contributed by atoms with Crippen LogP contribution in [0.15, 0.2) is 66.7 Å². The number of benzene rings is 3. The summed E-state index contributed by atoms with van der Waals surface area (Å²) in [5.41, 5.74) is 3.16. The molecule has 0 bridgehead atoms. The second-order valence-corrected chi connectivity index (χ2v) is 11.2. The average molecular weight is 574 g/mol. The number of nitrogens with one attached hydrogen (secondary N) is 1. The standard InChI is InChI=1S/C33H39N3O6/c1-23-11-13-26(41-20-19-35-15-17-36(18-16-35)32(39)42-33(2,3)4)22-28(23)30(37)34-29-21-25(24-9-7-6-8-10-24)12-14-27(29)31(38)40-5/h6-14,21-22H,15-20H2,1-5H3,(H,34,37). The first-order chi connectivity index (χ1) is 20.0. The number of nitrogens with zero attached hydrogens (tertiary/aromatic N) is 2. The van der Waals surface area contributed by atoms with Gasteiger partial charge >= 0.3 is 12.1 Å². The van der Waals surface area contributed by atoms with Crippen molar-refractivity contribution in [1.29, 1.82) is 0 Å². The number of rotatable bonds is 8. The second-order valence-electron chi connectivity index (χ2n) is 11.2. The summed E-state index contributed by atoms with van der Waals surface area (Å²) in [4.78, 5) is 42.1. The maximum absolute atomic E-state index is 13.4. The Hall–Kier alpha value is -4.37. The first-order valence-electron chi connectivity index (χ1n) is 14.1. The highest BCUT2D eigenvalue weighted by atomic mass is 16.6. The lowest BCUT2D eigenvalue weighted by molar-refractivity contribution is 0.0136. The molecule has 42 heavy (non-hydrogen) atoms. The van der Waals surface area contributed by atoms with E-state index in [4.69, 9.17) is 14.2 Å². The number of piperazine rings is 1. The number of esters is 1. The van der Waals surface area contributed by atoms with Crippen molar-refractivity contribution in [3.05, 3.63) is 83.4 Å². The lowest BCUT2D eigenvalue weighted by Crippen LogP contribution is -2.50. The summed E-state index contributed by atoms with van der Waals surface area (Å²) in [5.74, 6) is -0.318. The third-order valence-electron chi connectivity index (χ3n) is 6.93. The molecule has 0 unspecified atom stereocenters. The van der Waals surface area contributed by atoms with E-state index >= 15 is 0 Å². The molecule has 1 aliphatic rings. The van der Waals surface area contributed by atoms with E-state index in [1.165, 1.54) is 7.11 Å². The van der Waals surface area contributed by atoms with Gasteiger partial charge in [0.15, 0.2) is 0 Å². The van der Waals surface area contributed by atoms with Crippen LogP contribution in [0.3, 0.4) is 0 Å². The topological polar surface area (TPSA) is 97.4 Å². The molecule has 1 aliphatic heterocycles. The van der Waals surface area contributed by atoms with E-state index in [1.807, 2.05) is 76.2 Å². The van der Waals surface area contributed by atoms with E-state index in [9.17, 15) is 14.4 Å². The fourth-order valence-corrected chi connectivity index (χ4v) is 4.64. The molecule has 0 spiro atoms. The molecule has 0 radical (unpaired) electrons. The predicted octanol–water partition coefficient (Wildman–Crippen LogP) is 5.63. The molecule has 0 atom stereocenters. The summed E-state index contributed by atoms with van der Waals surface area (Å²) in [7, 11) is 1.31. The number of hydrogen-bond donors (Lipinski definition) is 1. The van der Waals surface area contributed by atoms with Crippen molar-refractivity contribution >= 4 is 23.7 Å². The van der Waals surface area contributed by atoms with Gasteiger partial charge in [0.1, 0.15) is 18.0 Å². The molecule has 2 amide bonds. The highest BCUT2D eigenvalue weighted by Crippen LogP contribution is 2.28. The first-order valence-corrected chi connectivity index (χ1v) is 14.1. The van der Waals surface area contributed by atoms with Crippen LogP contribution in [-0.4, -0.2) is 79.8 Å². The number of hydrogen-bond acceptors (Lipinski definition) is 7. The van der Waals surface area contributed by atoms with Gasteiger partial charge in [0, 0.05) is 38.3 Å². The van der Waals surface area contributed by atoms with Crippen LogP contribution in [-0.2, 0) is 9.47 Å². The van der Waals surface area contributed by atoms with Gasteiger partial charge < -0.3 is 24.4 Å². The van der Waals surface area contributed by atoms with Crippen molar-refractivity contribution in [2.45, 2.75) is 33.3 Å². The minimum absolute atomic E-state index is 0.266. The molecule has 1 heterocycles. The Balaban J connectivity index is 1.38. The number of amides is 2. The Morgan fingerprint density at radius 2 is 1.57 bits per heavy atom. The van der Waals surface area contributed by atoms with Crippen molar-refractivity contribution in [3.63, 3.8) is 0 Å². The van der Waals surface area contributed by atoms with Gasteiger partial charge in [0.25, 0.3) is 5.91 Å². The normalized spacial score (nSPS) is 13.8. The Bertz CT molecular complexity index is 1410. The van der Waals surface area contributed by atoms with Crippen LogP contribution in [0, 0.1) is 6.92 Å². The smallest absolute Gasteiger partial charge is 0.410 e. The van der Waals surface area contributed by atoms with Gasteiger partial charge in [0.05, 0.1) is 18.4 Å². The summed E-state index contributed by atoms with van der Waals surface area (Å²) in [6.07, 6.45) is -0.283. The number of anilines is 1. The van der Waals surface area contributed by atoms with Crippen molar-refractivity contribution < 1.29 is 28.6 Å². The number of carbonyl (C=O) groups is 3. The molecule has 9 nitrogen and oxygen atoms in total. The Labute approximate surface area is 247 Å². The molecule has 3 aromatic rings. The van der Waals surface area contributed by atoms with E-state index in [0.717, 1.165) is 29.8 Å². The van der Waals surface area contributed by atoms with Gasteiger partial charge in [-0.1, -0.05) is 42.5 Å². The van der Waals surface area contributed by atoms with Gasteiger partial charge in [0.2, 0.25) is 0 Å². The summed E-state index contributed by atoms with van der Waals surface area (Å²) >= 11 is 0. The summed E-state index contributed by atoms with van der Waals surface area (Å²) in [6, 6.07) is 20.4. The minimum atomic E-state index is -0.536. The zero-order valence-corrected chi connectivity index (χ0v) is 24.9. The Kier molecular flexibility index (Phi) is 9.85. The zero-order valence-electron chi connectivity index (χ0n) is 24.9. The van der Waals surface area contributed by atoms with Crippen molar-refractivity contribution in [1.82, 2.24) is 9.80 Å². The average Bonchev–Trinajstić information content (AvgIpc) is 2.97. The van der Waals surface area contributed by atoms with Gasteiger partial charge in [-0.2, -0.15) is 0 Å². The van der Waals surface area contributed by atoms with Gasteiger partial charge in [-0.3, -0.25) is 9.69 Å². The first kappa shape index (κ1) is 30.6. The molecule has 1 fully saturated rings.